The summed E-state index contributed by atoms with van der Waals surface area (Å²) in [5, 5.41) is 13.7. The Morgan fingerprint density at radius 1 is 1.12 bits per heavy atom. The number of ether oxygens (including phenoxy) is 1. The van der Waals surface area contributed by atoms with Crippen LogP contribution in [0.4, 0.5) is 0 Å². The van der Waals surface area contributed by atoms with Gasteiger partial charge >= 0.3 is 0 Å². The largest absolute Gasteiger partial charge is 0.377 e. The molecule has 32 heavy (non-hydrogen) atoms. The van der Waals surface area contributed by atoms with Crippen LogP contribution in [0.1, 0.15) is 67.1 Å². The van der Waals surface area contributed by atoms with Crippen LogP contribution >= 0.6 is 0 Å². The number of rotatable bonds is 7. The minimum Gasteiger partial charge on any atom is -0.377 e. The van der Waals surface area contributed by atoms with Gasteiger partial charge in [-0.3, -0.25) is 9.69 Å². The molecule has 1 atom stereocenters. The molecular weight excluding hydrogens is 404 g/mol. The van der Waals surface area contributed by atoms with Crippen molar-refractivity contribution in [2.45, 2.75) is 77.6 Å². The third-order valence-corrected chi connectivity index (χ3v) is 7.00. The smallest absolute Gasteiger partial charge is 0.252 e. The summed E-state index contributed by atoms with van der Waals surface area (Å²) in [6.45, 7) is 6.84. The number of H-pyrrole nitrogens is 1. The van der Waals surface area contributed by atoms with E-state index in [-0.39, 0.29) is 11.7 Å². The van der Waals surface area contributed by atoms with Crippen molar-refractivity contribution in [3.8, 4) is 0 Å². The number of aromatic amines is 1. The van der Waals surface area contributed by atoms with Gasteiger partial charge in [-0.1, -0.05) is 25.0 Å². The van der Waals surface area contributed by atoms with Crippen LogP contribution in [-0.2, 0) is 17.8 Å². The zero-order valence-corrected chi connectivity index (χ0v) is 19.0. The van der Waals surface area contributed by atoms with Crippen LogP contribution < -0.4 is 5.56 Å². The molecule has 2 aromatic heterocycles. The maximum absolute atomic E-state index is 13.0. The molecule has 1 aliphatic carbocycles. The van der Waals surface area contributed by atoms with Crippen molar-refractivity contribution in [3.05, 3.63) is 51.1 Å². The number of fused-ring (bicyclic) bond motifs is 1. The summed E-state index contributed by atoms with van der Waals surface area (Å²) < 4.78 is 7.93. The van der Waals surface area contributed by atoms with E-state index >= 15 is 0 Å². The first-order valence-electron chi connectivity index (χ1n) is 11.8. The van der Waals surface area contributed by atoms with Gasteiger partial charge in [-0.25, -0.2) is 4.68 Å². The van der Waals surface area contributed by atoms with Gasteiger partial charge in [0, 0.05) is 30.6 Å². The molecule has 1 saturated heterocycles. The summed E-state index contributed by atoms with van der Waals surface area (Å²) in [5.74, 6) is 0.874. The van der Waals surface area contributed by atoms with E-state index in [9.17, 15) is 4.79 Å². The summed E-state index contributed by atoms with van der Waals surface area (Å²) in [7, 11) is 0. The van der Waals surface area contributed by atoms with E-state index in [4.69, 9.17) is 4.74 Å². The maximum Gasteiger partial charge on any atom is 0.252 e. The Kier molecular flexibility index (Phi) is 6.06. The normalized spacial score (nSPS) is 19.5. The van der Waals surface area contributed by atoms with Gasteiger partial charge < -0.3 is 9.72 Å². The van der Waals surface area contributed by atoms with E-state index in [0.717, 1.165) is 66.7 Å². The number of pyridine rings is 1. The van der Waals surface area contributed by atoms with E-state index in [0.29, 0.717) is 19.1 Å². The van der Waals surface area contributed by atoms with Gasteiger partial charge in [-0.15, -0.1) is 5.10 Å². The van der Waals surface area contributed by atoms with Crippen molar-refractivity contribution in [1.29, 1.82) is 0 Å². The second-order valence-corrected chi connectivity index (χ2v) is 9.39. The highest BCUT2D eigenvalue weighted by atomic mass is 16.5. The van der Waals surface area contributed by atoms with E-state index in [1.807, 2.05) is 11.6 Å². The van der Waals surface area contributed by atoms with Gasteiger partial charge in [-0.2, -0.15) is 0 Å². The van der Waals surface area contributed by atoms with Crippen molar-refractivity contribution in [3.63, 3.8) is 0 Å². The summed E-state index contributed by atoms with van der Waals surface area (Å²) in [4.78, 5) is 18.4. The second kappa shape index (κ2) is 9.11. The number of nitrogens with zero attached hydrogens (tertiary/aromatic N) is 5. The zero-order valence-electron chi connectivity index (χ0n) is 19.0. The Morgan fingerprint density at radius 2 is 1.94 bits per heavy atom. The molecule has 8 heteroatoms. The molecule has 1 N–H and O–H groups in total. The number of nitrogens with one attached hydrogen (secondary N) is 1. The van der Waals surface area contributed by atoms with E-state index in [2.05, 4.69) is 50.5 Å². The number of aromatic nitrogens is 5. The fourth-order valence-electron chi connectivity index (χ4n) is 5.19. The second-order valence-electron chi connectivity index (χ2n) is 9.39. The number of tetrazole rings is 1. The summed E-state index contributed by atoms with van der Waals surface area (Å²) in [5.41, 5.74) is 3.91. The average molecular weight is 437 g/mol. The number of aryl methyl sites for hydroxylation is 2. The van der Waals surface area contributed by atoms with E-state index < -0.39 is 0 Å². The van der Waals surface area contributed by atoms with Gasteiger partial charge in [-0.05, 0) is 67.2 Å². The highest BCUT2D eigenvalue weighted by molar-refractivity contribution is 5.85. The summed E-state index contributed by atoms with van der Waals surface area (Å²) in [6.07, 6.45) is 7.06. The van der Waals surface area contributed by atoms with Gasteiger partial charge in [0.15, 0.2) is 5.82 Å². The van der Waals surface area contributed by atoms with Gasteiger partial charge in [0.05, 0.1) is 24.2 Å². The van der Waals surface area contributed by atoms with E-state index in [1.54, 1.807) is 0 Å². The minimum atomic E-state index is -0.0288. The molecule has 0 spiro atoms. The van der Waals surface area contributed by atoms with Crippen molar-refractivity contribution in [1.82, 2.24) is 30.1 Å². The van der Waals surface area contributed by atoms with Crippen LogP contribution in [0, 0.1) is 13.8 Å². The van der Waals surface area contributed by atoms with E-state index in [1.165, 1.54) is 18.4 Å². The molecule has 3 aromatic rings. The predicted octanol–water partition coefficient (Wildman–Crippen LogP) is 3.43. The zero-order chi connectivity index (χ0) is 22.1. The van der Waals surface area contributed by atoms with Crippen LogP contribution in [-0.4, -0.2) is 49.3 Å². The third-order valence-electron chi connectivity index (χ3n) is 7.00. The number of hydrogen-bond acceptors (Lipinski definition) is 6. The molecule has 0 radical (unpaired) electrons. The average Bonchev–Trinajstić information content (AvgIpc) is 3.54. The Morgan fingerprint density at radius 3 is 2.72 bits per heavy atom. The third kappa shape index (κ3) is 4.34. The lowest BCUT2D eigenvalue weighted by Crippen LogP contribution is -2.34. The van der Waals surface area contributed by atoms with Crippen LogP contribution in [0.2, 0.25) is 0 Å². The SMILES string of the molecule is Cc1ccc(C)c2[nH]c(=O)c(CN(Cc3nnnn3C3CCCC3)CC3CCCO3)cc12. The van der Waals surface area contributed by atoms with Gasteiger partial charge in [0.1, 0.15) is 0 Å². The number of benzene rings is 1. The molecule has 170 valence electrons. The van der Waals surface area contributed by atoms with Crippen molar-refractivity contribution >= 4 is 10.9 Å². The molecule has 2 fully saturated rings. The Bertz CT molecular complexity index is 1140. The van der Waals surface area contributed by atoms with Gasteiger partial charge in [0.25, 0.3) is 5.56 Å². The first-order chi connectivity index (χ1) is 15.6. The van der Waals surface area contributed by atoms with Crippen LogP contribution in [0.15, 0.2) is 23.0 Å². The van der Waals surface area contributed by atoms with Gasteiger partial charge in [0.2, 0.25) is 0 Å². The predicted molar refractivity (Wildman–Crippen MR) is 122 cm³/mol. The summed E-state index contributed by atoms with van der Waals surface area (Å²) >= 11 is 0. The van der Waals surface area contributed by atoms with Crippen LogP contribution in [0.3, 0.4) is 0 Å². The van der Waals surface area contributed by atoms with Crippen molar-refractivity contribution in [2.75, 3.05) is 13.2 Å². The molecule has 1 aromatic carbocycles. The molecule has 8 nitrogen and oxygen atoms in total. The highest BCUT2D eigenvalue weighted by Crippen LogP contribution is 2.29. The van der Waals surface area contributed by atoms with Crippen LogP contribution in [0.5, 0.6) is 0 Å². The quantitative estimate of drug-likeness (QED) is 0.610. The van der Waals surface area contributed by atoms with Crippen molar-refractivity contribution < 1.29 is 4.74 Å². The lowest BCUT2D eigenvalue weighted by atomic mass is 10.0. The highest BCUT2D eigenvalue weighted by Gasteiger charge is 2.25. The lowest BCUT2D eigenvalue weighted by Gasteiger charge is -2.25. The Hall–Kier alpha value is -2.58. The topological polar surface area (TPSA) is 88.9 Å². The fourth-order valence-corrected chi connectivity index (χ4v) is 5.19. The first-order valence-corrected chi connectivity index (χ1v) is 11.8. The molecular formula is C24H32N6O2. The lowest BCUT2D eigenvalue weighted by molar-refractivity contribution is 0.0661. The molecule has 0 amide bonds. The molecule has 0 bridgehead atoms. The maximum atomic E-state index is 13.0. The molecule has 1 saturated carbocycles. The Balaban J connectivity index is 1.44. The Labute approximate surface area is 188 Å². The monoisotopic (exact) mass is 436 g/mol. The van der Waals surface area contributed by atoms with Crippen molar-refractivity contribution in [2.24, 2.45) is 0 Å². The van der Waals surface area contributed by atoms with Crippen LogP contribution in [0.25, 0.3) is 10.9 Å². The molecule has 2 aliphatic rings. The first kappa shape index (κ1) is 21.3. The molecule has 3 heterocycles. The standard InChI is InChI=1S/C24H32N6O2/c1-16-9-10-17(2)23-21(16)12-18(24(31)25-23)13-29(14-20-8-5-11-32-20)15-22-26-27-28-30(22)19-6-3-4-7-19/h9-10,12,19-20H,3-8,11,13-15H2,1-2H3,(H,25,31). The summed E-state index contributed by atoms with van der Waals surface area (Å²) in [6, 6.07) is 6.61. The fraction of sp³-hybridized carbons (Fsp3) is 0.583. The minimum absolute atomic E-state index is 0.0288. The molecule has 1 aliphatic heterocycles. The number of hydrogen-bond donors (Lipinski definition) is 1. The molecule has 1 unspecified atom stereocenters. The molecule has 5 rings (SSSR count).